The molecule has 2 aromatic heterocycles. The van der Waals surface area contributed by atoms with E-state index in [0.717, 1.165) is 33.1 Å². The maximum atomic E-state index is 12.7. The number of para-hydroxylation sites is 1. The van der Waals surface area contributed by atoms with Crippen LogP contribution in [-0.4, -0.2) is 20.9 Å². The quantitative estimate of drug-likeness (QED) is 0.377. The van der Waals surface area contributed by atoms with E-state index in [9.17, 15) is 4.79 Å². The van der Waals surface area contributed by atoms with Gasteiger partial charge in [0.15, 0.2) is 5.17 Å². The average Bonchev–Trinajstić information content (AvgIpc) is 3.52. The number of nitrogens with one attached hydrogen (secondary N) is 1. The fourth-order valence-electron chi connectivity index (χ4n) is 3.47. The van der Waals surface area contributed by atoms with E-state index < -0.39 is 0 Å². The Hall–Kier alpha value is -3.42. The van der Waals surface area contributed by atoms with E-state index in [1.165, 1.54) is 17.3 Å². The molecule has 7 heteroatoms. The minimum absolute atomic E-state index is 0.150. The summed E-state index contributed by atoms with van der Waals surface area (Å²) in [5, 5.41) is 10.3. The van der Waals surface area contributed by atoms with Crippen molar-refractivity contribution in [3.8, 4) is 16.3 Å². The summed E-state index contributed by atoms with van der Waals surface area (Å²) in [5.74, 6) is -0.150. The Kier molecular flexibility index (Phi) is 5.51. The Labute approximate surface area is 194 Å². The number of amidine groups is 1. The smallest absolute Gasteiger partial charge is 0.264 e. The number of hydrogen-bond donors (Lipinski definition) is 1. The molecule has 5 rings (SSSR count). The molecular formula is C25H20N4OS2. The van der Waals surface area contributed by atoms with Crippen molar-refractivity contribution in [1.82, 2.24) is 15.1 Å². The van der Waals surface area contributed by atoms with Crippen LogP contribution < -0.4 is 5.32 Å². The van der Waals surface area contributed by atoms with Crippen LogP contribution in [0.1, 0.15) is 16.7 Å². The first kappa shape index (κ1) is 20.5. The van der Waals surface area contributed by atoms with Gasteiger partial charge < -0.3 is 5.32 Å². The van der Waals surface area contributed by atoms with Gasteiger partial charge in [0.1, 0.15) is 5.69 Å². The molecule has 32 heavy (non-hydrogen) atoms. The maximum absolute atomic E-state index is 12.7. The van der Waals surface area contributed by atoms with Gasteiger partial charge in [-0.25, -0.2) is 9.67 Å². The lowest BCUT2D eigenvalue weighted by molar-refractivity contribution is -0.115. The predicted molar refractivity (Wildman–Crippen MR) is 134 cm³/mol. The molecule has 0 bridgehead atoms. The Morgan fingerprint density at radius 2 is 1.91 bits per heavy atom. The highest BCUT2D eigenvalue weighted by atomic mass is 32.2. The third-order valence-electron chi connectivity index (χ3n) is 5.03. The SMILES string of the molecule is Cc1ccc(N=C2NC(=O)C(=Cc3cn(-c4ccccc4)nc3-c3cccs3)S2)c(C)c1. The average molecular weight is 457 g/mol. The van der Waals surface area contributed by atoms with Gasteiger partial charge >= 0.3 is 0 Å². The molecule has 158 valence electrons. The highest BCUT2D eigenvalue weighted by Crippen LogP contribution is 2.33. The van der Waals surface area contributed by atoms with Crippen molar-refractivity contribution < 1.29 is 4.79 Å². The summed E-state index contributed by atoms with van der Waals surface area (Å²) in [7, 11) is 0. The van der Waals surface area contributed by atoms with Crippen LogP contribution in [0.25, 0.3) is 22.3 Å². The standard InChI is InChI=1S/C25H20N4OS2/c1-16-10-11-20(17(2)13-16)26-25-27-24(30)22(32-25)14-18-15-29(19-7-4-3-5-8-19)28-23(18)21-9-6-12-31-21/h3-15H,1-2H3,(H,26,27,30). The number of thiophene rings is 1. The summed E-state index contributed by atoms with van der Waals surface area (Å²) in [6, 6.07) is 20.1. The topological polar surface area (TPSA) is 59.3 Å². The van der Waals surface area contributed by atoms with Gasteiger partial charge in [-0.3, -0.25) is 4.79 Å². The first-order valence-electron chi connectivity index (χ1n) is 10.1. The van der Waals surface area contributed by atoms with Gasteiger partial charge in [0.05, 0.1) is 21.2 Å². The second-order valence-electron chi connectivity index (χ2n) is 7.46. The van der Waals surface area contributed by atoms with E-state index in [2.05, 4.69) is 23.3 Å². The van der Waals surface area contributed by atoms with Crippen LogP contribution in [0.3, 0.4) is 0 Å². The number of nitrogens with zero attached hydrogens (tertiary/aromatic N) is 3. The number of benzene rings is 2. The van der Waals surface area contributed by atoms with E-state index in [0.29, 0.717) is 10.1 Å². The molecule has 0 spiro atoms. The molecule has 3 heterocycles. The molecule has 1 saturated heterocycles. The molecule has 2 aromatic carbocycles. The van der Waals surface area contributed by atoms with Gasteiger partial charge in [0, 0.05) is 11.8 Å². The summed E-state index contributed by atoms with van der Waals surface area (Å²) in [4.78, 5) is 19.0. The molecule has 0 aliphatic carbocycles. The van der Waals surface area contributed by atoms with Crippen LogP contribution in [0.5, 0.6) is 0 Å². The van der Waals surface area contributed by atoms with Crippen molar-refractivity contribution in [2.45, 2.75) is 13.8 Å². The molecule has 0 atom stereocenters. The van der Waals surface area contributed by atoms with Crippen molar-refractivity contribution in [2.24, 2.45) is 4.99 Å². The third kappa shape index (κ3) is 4.17. The van der Waals surface area contributed by atoms with E-state index in [4.69, 9.17) is 5.10 Å². The zero-order valence-electron chi connectivity index (χ0n) is 17.6. The number of rotatable bonds is 4. The van der Waals surface area contributed by atoms with Gasteiger partial charge in [0.25, 0.3) is 5.91 Å². The first-order valence-corrected chi connectivity index (χ1v) is 11.8. The molecule has 0 radical (unpaired) electrons. The third-order valence-corrected chi connectivity index (χ3v) is 6.82. The van der Waals surface area contributed by atoms with E-state index in [1.807, 2.05) is 83.9 Å². The summed E-state index contributed by atoms with van der Waals surface area (Å²) in [5.41, 5.74) is 5.83. The normalized spacial score (nSPS) is 16.1. The lowest BCUT2D eigenvalue weighted by Crippen LogP contribution is -2.19. The molecule has 1 N–H and O–H groups in total. The van der Waals surface area contributed by atoms with Gasteiger partial charge in [-0.15, -0.1) is 11.3 Å². The Bertz CT molecular complexity index is 1350. The Morgan fingerprint density at radius 1 is 1.06 bits per heavy atom. The number of aliphatic imine (C=N–C) groups is 1. The van der Waals surface area contributed by atoms with Crippen molar-refractivity contribution in [2.75, 3.05) is 0 Å². The van der Waals surface area contributed by atoms with Gasteiger partial charge in [0.2, 0.25) is 0 Å². The molecule has 1 aliphatic rings. The number of aromatic nitrogens is 2. The number of thioether (sulfide) groups is 1. The number of carbonyl (C=O) groups excluding carboxylic acids is 1. The first-order chi connectivity index (χ1) is 15.6. The summed E-state index contributed by atoms with van der Waals surface area (Å²) in [6.45, 7) is 4.08. The molecule has 4 aromatic rings. The summed E-state index contributed by atoms with van der Waals surface area (Å²) < 4.78 is 1.85. The minimum Gasteiger partial charge on any atom is -0.300 e. The molecular weight excluding hydrogens is 436 g/mol. The van der Waals surface area contributed by atoms with E-state index in [1.54, 1.807) is 11.3 Å². The molecule has 0 unspecified atom stereocenters. The van der Waals surface area contributed by atoms with Gasteiger partial charge in [-0.2, -0.15) is 5.10 Å². The number of aryl methyl sites for hydroxylation is 2. The highest BCUT2D eigenvalue weighted by molar-refractivity contribution is 8.18. The van der Waals surface area contributed by atoms with Gasteiger partial charge in [-0.1, -0.05) is 42.0 Å². The molecule has 0 saturated carbocycles. The molecule has 1 aliphatic heterocycles. The zero-order chi connectivity index (χ0) is 22.1. The van der Waals surface area contributed by atoms with Crippen LogP contribution in [-0.2, 0) is 4.79 Å². The van der Waals surface area contributed by atoms with Crippen LogP contribution in [0, 0.1) is 13.8 Å². The Balaban J connectivity index is 1.51. The van der Waals surface area contributed by atoms with Crippen LogP contribution in [0.2, 0.25) is 0 Å². The zero-order valence-corrected chi connectivity index (χ0v) is 19.2. The van der Waals surface area contributed by atoms with E-state index in [-0.39, 0.29) is 5.91 Å². The second kappa shape index (κ2) is 8.61. The number of hydrogen-bond acceptors (Lipinski definition) is 5. The monoisotopic (exact) mass is 456 g/mol. The fraction of sp³-hybridized carbons (Fsp3) is 0.0800. The van der Waals surface area contributed by atoms with Crippen molar-refractivity contribution in [3.63, 3.8) is 0 Å². The number of carbonyl (C=O) groups is 1. The fourth-order valence-corrected chi connectivity index (χ4v) is 5.03. The van der Waals surface area contributed by atoms with Crippen molar-refractivity contribution in [1.29, 1.82) is 0 Å². The minimum atomic E-state index is -0.150. The van der Waals surface area contributed by atoms with Crippen molar-refractivity contribution >= 4 is 45.9 Å². The molecule has 5 nitrogen and oxygen atoms in total. The van der Waals surface area contributed by atoms with Crippen molar-refractivity contribution in [3.05, 3.63) is 93.8 Å². The maximum Gasteiger partial charge on any atom is 0.264 e. The summed E-state index contributed by atoms with van der Waals surface area (Å²) >= 11 is 2.98. The number of amides is 1. The van der Waals surface area contributed by atoms with E-state index >= 15 is 0 Å². The highest BCUT2D eigenvalue weighted by Gasteiger charge is 2.25. The largest absolute Gasteiger partial charge is 0.300 e. The second-order valence-corrected chi connectivity index (χ2v) is 9.44. The predicted octanol–water partition coefficient (Wildman–Crippen LogP) is 6.11. The van der Waals surface area contributed by atoms with Crippen LogP contribution in [0.4, 0.5) is 5.69 Å². The lowest BCUT2D eigenvalue weighted by Gasteiger charge is -2.02. The Morgan fingerprint density at radius 3 is 2.66 bits per heavy atom. The molecule has 1 fully saturated rings. The van der Waals surface area contributed by atoms with Gasteiger partial charge in [-0.05, 0) is 66.9 Å². The van der Waals surface area contributed by atoms with Crippen LogP contribution in [0.15, 0.2) is 82.1 Å². The van der Waals surface area contributed by atoms with Crippen LogP contribution >= 0.6 is 23.1 Å². The summed E-state index contributed by atoms with van der Waals surface area (Å²) in [6.07, 6.45) is 3.86. The lowest BCUT2D eigenvalue weighted by atomic mass is 10.1. The molecule has 1 amide bonds.